The lowest BCUT2D eigenvalue weighted by molar-refractivity contribution is 0.186. The number of hydrogen-bond acceptors (Lipinski definition) is 5. The maximum atomic E-state index is 5.86. The molecular formula is C13H28NO2PS2. The summed E-state index contributed by atoms with van der Waals surface area (Å²) in [5.74, 6) is 0. The highest BCUT2D eigenvalue weighted by Crippen LogP contribution is 2.63. The van der Waals surface area contributed by atoms with E-state index in [2.05, 4.69) is 32.7 Å². The Morgan fingerprint density at radius 1 is 1.05 bits per heavy atom. The minimum Gasteiger partial charge on any atom is -0.319 e. The number of nitrogens with zero attached hydrogens (tertiary/aromatic N) is 1. The SMILES string of the molecule is CC(C)OP(=S)(OC(C)C)SC(C)C=NC(C)(C)C. The average Bonchev–Trinajstić information content (AvgIpc) is 2.09. The fraction of sp³-hybridized carbons (Fsp3) is 0.923. The first kappa shape index (κ1) is 19.6. The van der Waals surface area contributed by atoms with Crippen LogP contribution in [0, 0.1) is 0 Å². The monoisotopic (exact) mass is 325 g/mol. The average molecular weight is 325 g/mol. The third-order valence-electron chi connectivity index (χ3n) is 1.65. The number of aliphatic imine (C=N–C) groups is 1. The number of rotatable bonds is 7. The van der Waals surface area contributed by atoms with E-state index in [4.69, 9.17) is 20.9 Å². The lowest BCUT2D eigenvalue weighted by Crippen LogP contribution is -2.13. The molecule has 1 unspecified atom stereocenters. The van der Waals surface area contributed by atoms with Gasteiger partial charge in [0.1, 0.15) is 0 Å². The Bertz CT molecular complexity index is 324. The maximum absolute atomic E-state index is 5.86. The fourth-order valence-corrected chi connectivity index (χ4v) is 7.83. The quantitative estimate of drug-likeness (QED) is 0.484. The summed E-state index contributed by atoms with van der Waals surface area (Å²) in [6, 6.07) is 0. The van der Waals surface area contributed by atoms with Gasteiger partial charge in [-0.05, 0) is 67.2 Å². The first-order chi connectivity index (χ1) is 8.43. The molecule has 0 aliphatic heterocycles. The van der Waals surface area contributed by atoms with Gasteiger partial charge in [0.05, 0.1) is 17.7 Å². The van der Waals surface area contributed by atoms with Crippen molar-refractivity contribution in [3.8, 4) is 0 Å². The summed E-state index contributed by atoms with van der Waals surface area (Å²) in [5, 5.41) is 0.183. The zero-order chi connectivity index (χ0) is 15.3. The molecule has 0 aliphatic carbocycles. The van der Waals surface area contributed by atoms with Crippen LogP contribution in [0.5, 0.6) is 0 Å². The van der Waals surface area contributed by atoms with Gasteiger partial charge in [0, 0.05) is 11.5 Å². The topological polar surface area (TPSA) is 30.8 Å². The minimum absolute atomic E-state index is 0.0603. The van der Waals surface area contributed by atoms with Crippen LogP contribution in [0.3, 0.4) is 0 Å². The number of hydrogen-bond donors (Lipinski definition) is 0. The second kappa shape index (κ2) is 8.14. The molecule has 6 heteroatoms. The van der Waals surface area contributed by atoms with Crippen LogP contribution in [0.4, 0.5) is 0 Å². The summed E-state index contributed by atoms with van der Waals surface area (Å²) < 4.78 is 11.7. The molecule has 0 spiro atoms. The Morgan fingerprint density at radius 3 is 1.79 bits per heavy atom. The Morgan fingerprint density at radius 2 is 1.47 bits per heavy atom. The molecule has 0 amide bonds. The lowest BCUT2D eigenvalue weighted by atomic mass is 10.1. The molecule has 0 aromatic heterocycles. The molecule has 19 heavy (non-hydrogen) atoms. The molecule has 0 fully saturated rings. The van der Waals surface area contributed by atoms with E-state index in [9.17, 15) is 0 Å². The van der Waals surface area contributed by atoms with Crippen LogP contribution < -0.4 is 0 Å². The summed E-state index contributed by atoms with van der Waals surface area (Å²) in [6.07, 6.45) is 2.09. The summed E-state index contributed by atoms with van der Waals surface area (Å²) >= 11 is 7.18. The van der Waals surface area contributed by atoms with E-state index in [1.54, 1.807) is 11.4 Å². The zero-order valence-electron chi connectivity index (χ0n) is 13.3. The highest BCUT2D eigenvalue weighted by atomic mass is 32.9. The largest absolute Gasteiger partial charge is 0.319 e. The summed E-state index contributed by atoms with van der Waals surface area (Å²) in [7, 11) is 0. The summed E-state index contributed by atoms with van der Waals surface area (Å²) in [5.41, 5.74) is -2.37. The zero-order valence-corrected chi connectivity index (χ0v) is 15.9. The Balaban J connectivity index is 4.73. The minimum atomic E-state index is -2.31. The molecule has 0 aliphatic rings. The molecule has 3 nitrogen and oxygen atoms in total. The first-order valence-electron chi connectivity index (χ1n) is 6.64. The van der Waals surface area contributed by atoms with Crippen molar-refractivity contribution >= 4 is 35.1 Å². The van der Waals surface area contributed by atoms with E-state index in [0.717, 1.165) is 0 Å². The molecule has 0 aromatic rings. The summed E-state index contributed by atoms with van der Waals surface area (Å²) in [6.45, 7) is 16.2. The van der Waals surface area contributed by atoms with Crippen LogP contribution >= 0.6 is 17.1 Å². The first-order valence-corrected chi connectivity index (χ1v) is 10.8. The molecule has 114 valence electrons. The smallest absolute Gasteiger partial charge is 0.248 e. The predicted octanol–water partition coefficient (Wildman–Crippen LogP) is 5.05. The van der Waals surface area contributed by atoms with Gasteiger partial charge in [-0.2, -0.15) is 0 Å². The van der Waals surface area contributed by atoms with Crippen molar-refractivity contribution in [1.29, 1.82) is 0 Å². The van der Waals surface area contributed by atoms with Crippen LogP contribution in [0.15, 0.2) is 4.99 Å². The molecule has 0 aromatic carbocycles. The molecule has 0 radical (unpaired) electrons. The van der Waals surface area contributed by atoms with Crippen molar-refractivity contribution < 1.29 is 9.05 Å². The Kier molecular flexibility index (Phi) is 8.39. The van der Waals surface area contributed by atoms with Crippen molar-refractivity contribution in [3.63, 3.8) is 0 Å². The van der Waals surface area contributed by atoms with Gasteiger partial charge in [0.2, 0.25) is 5.69 Å². The normalized spacial score (nSPS) is 15.7. The third kappa shape index (κ3) is 11.0. The van der Waals surface area contributed by atoms with Crippen LogP contribution in [-0.4, -0.2) is 29.2 Å². The van der Waals surface area contributed by atoms with E-state index in [1.165, 1.54) is 0 Å². The third-order valence-corrected chi connectivity index (χ3v) is 7.30. The van der Waals surface area contributed by atoms with Gasteiger partial charge in [-0.25, -0.2) is 0 Å². The Hall–Kier alpha value is 0.590. The second-order valence-corrected chi connectivity index (χ2v) is 12.5. The van der Waals surface area contributed by atoms with Crippen molar-refractivity contribution in [2.75, 3.05) is 0 Å². The molecular weight excluding hydrogens is 297 g/mol. The summed E-state index contributed by atoms with van der Waals surface area (Å²) in [4.78, 5) is 4.51. The van der Waals surface area contributed by atoms with Crippen molar-refractivity contribution in [3.05, 3.63) is 0 Å². The molecule has 0 saturated heterocycles. The molecule has 1 atom stereocenters. The van der Waals surface area contributed by atoms with Crippen LogP contribution in [-0.2, 0) is 20.9 Å². The van der Waals surface area contributed by atoms with Gasteiger partial charge < -0.3 is 9.05 Å². The van der Waals surface area contributed by atoms with Gasteiger partial charge in [0.25, 0.3) is 0 Å². The van der Waals surface area contributed by atoms with Crippen LogP contribution in [0.25, 0.3) is 0 Å². The van der Waals surface area contributed by atoms with Gasteiger partial charge in [-0.1, -0.05) is 11.4 Å². The van der Waals surface area contributed by atoms with Crippen molar-refractivity contribution in [1.82, 2.24) is 0 Å². The lowest BCUT2D eigenvalue weighted by Gasteiger charge is -2.27. The predicted molar refractivity (Wildman–Crippen MR) is 92.0 cm³/mol. The van der Waals surface area contributed by atoms with E-state index in [-0.39, 0.29) is 23.0 Å². The van der Waals surface area contributed by atoms with Gasteiger partial charge >= 0.3 is 0 Å². The van der Waals surface area contributed by atoms with Gasteiger partial charge in [-0.15, -0.1) is 0 Å². The molecule has 0 heterocycles. The van der Waals surface area contributed by atoms with Gasteiger partial charge in [0.15, 0.2) is 0 Å². The standard InChI is InChI=1S/C13H28NO2PS2/c1-10(2)15-17(18,16-11(3)4)19-12(5)9-14-13(6,7)8/h9-12H,1-8H3. The van der Waals surface area contributed by atoms with E-state index in [1.807, 2.05) is 33.9 Å². The van der Waals surface area contributed by atoms with E-state index < -0.39 is 5.69 Å². The van der Waals surface area contributed by atoms with Crippen LogP contribution in [0.2, 0.25) is 0 Å². The highest BCUT2D eigenvalue weighted by Gasteiger charge is 2.26. The van der Waals surface area contributed by atoms with E-state index in [0.29, 0.717) is 0 Å². The van der Waals surface area contributed by atoms with Gasteiger partial charge in [-0.3, -0.25) is 4.99 Å². The van der Waals surface area contributed by atoms with E-state index >= 15 is 0 Å². The molecule has 0 N–H and O–H groups in total. The fourth-order valence-electron chi connectivity index (χ4n) is 1.15. The molecule has 0 saturated carbocycles. The van der Waals surface area contributed by atoms with Crippen LogP contribution in [0.1, 0.15) is 55.4 Å². The maximum Gasteiger partial charge on any atom is 0.248 e. The molecule has 0 rings (SSSR count). The molecule has 0 bridgehead atoms. The van der Waals surface area contributed by atoms with Crippen molar-refractivity contribution in [2.24, 2.45) is 4.99 Å². The van der Waals surface area contributed by atoms with Crippen molar-refractivity contribution in [2.45, 2.75) is 78.4 Å². The highest BCUT2D eigenvalue weighted by molar-refractivity contribution is 8.68. The Labute approximate surface area is 127 Å². The second-order valence-electron chi connectivity index (χ2n) is 6.02.